The predicted molar refractivity (Wildman–Crippen MR) is 181 cm³/mol. The number of carbonyl (C=O) groups is 2. The van der Waals surface area contributed by atoms with Crippen molar-refractivity contribution in [3.05, 3.63) is 112 Å². The van der Waals surface area contributed by atoms with Crippen LogP contribution < -0.4 is 0 Å². The number of fused-ring (bicyclic) bond motifs is 1. The van der Waals surface area contributed by atoms with E-state index in [4.69, 9.17) is 21.3 Å². The molecule has 4 unspecified atom stereocenters. The summed E-state index contributed by atoms with van der Waals surface area (Å²) in [6.07, 6.45) is 8.27. The van der Waals surface area contributed by atoms with Crippen molar-refractivity contribution in [2.75, 3.05) is 12.9 Å². The molecule has 1 fully saturated rings. The number of nitrogens with zero attached hydrogens (tertiary/aromatic N) is 1. The zero-order chi connectivity index (χ0) is 31.1. The fourth-order valence-electron chi connectivity index (χ4n) is 5.95. The van der Waals surface area contributed by atoms with E-state index in [1.165, 1.54) is 12.7 Å². The molecule has 1 aromatic heterocycles. The van der Waals surface area contributed by atoms with Crippen molar-refractivity contribution in [1.29, 1.82) is 0 Å². The average molecular weight is 628 g/mol. The molecule has 228 valence electrons. The number of halogens is 1. The van der Waals surface area contributed by atoms with E-state index < -0.39 is 5.97 Å². The van der Waals surface area contributed by atoms with Gasteiger partial charge in [-0.2, -0.15) is 11.8 Å². The highest BCUT2D eigenvalue weighted by Gasteiger charge is 2.45. The number of carboxylic acid groups (broad SMARTS) is 1. The lowest BCUT2D eigenvalue weighted by molar-refractivity contribution is -0.142. The van der Waals surface area contributed by atoms with Crippen LogP contribution in [-0.4, -0.2) is 34.9 Å². The van der Waals surface area contributed by atoms with E-state index in [1.807, 2.05) is 72.4 Å². The first kappa shape index (κ1) is 31.8. The van der Waals surface area contributed by atoms with Gasteiger partial charge in [0.05, 0.1) is 29.8 Å². The van der Waals surface area contributed by atoms with Crippen LogP contribution in [0.5, 0.6) is 0 Å². The lowest BCUT2D eigenvalue weighted by Crippen LogP contribution is -2.17. The van der Waals surface area contributed by atoms with Gasteiger partial charge in [-0.25, -0.2) is 9.78 Å². The minimum Gasteiger partial charge on any atom is -0.481 e. The highest BCUT2D eigenvalue weighted by Crippen LogP contribution is 2.50. The lowest BCUT2D eigenvalue weighted by Gasteiger charge is -2.19. The fraction of sp³-hybridized carbons (Fsp3) is 0.324. The van der Waals surface area contributed by atoms with Crippen molar-refractivity contribution < 1.29 is 19.4 Å². The Balaban J connectivity index is 1.34. The molecule has 3 aromatic carbocycles. The molecule has 1 aliphatic rings. The number of hydrogen-bond donors (Lipinski definition) is 1. The molecular weight excluding hydrogens is 590 g/mol. The first-order valence-corrected chi connectivity index (χ1v) is 16.6. The van der Waals surface area contributed by atoms with E-state index in [-0.39, 0.29) is 23.1 Å². The number of methoxy groups -OCH3 is 1. The zero-order valence-corrected chi connectivity index (χ0v) is 26.7. The summed E-state index contributed by atoms with van der Waals surface area (Å²) in [6.45, 7) is 2.05. The molecule has 1 N–H and O–H groups in total. The molecule has 5 nitrogen and oxygen atoms in total. The Morgan fingerprint density at radius 2 is 1.86 bits per heavy atom. The summed E-state index contributed by atoms with van der Waals surface area (Å²) in [4.78, 5) is 29.0. The van der Waals surface area contributed by atoms with Crippen LogP contribution in [0.2, 0.25) is 5.02 Å². The Bertz CT molecular complexity index is 1650. The predicted octanol–water partition coefficient (Wildman–Crippen LogP) is 9.39. The molecular formula is C37H38ClNO4S. The van der Waals surface area contributed by atoms with E-state index in [9.17, 15) is 14.7 Å². The van der Waals surface area contributed by atoms with Gasteiger partial charge >= 0.3 is 11.9 Å². The SMILES string of the molecule is CCCC(C(=O)O)C1CC1CSC(CCc1ccccc1C(=O)OC)c1cccc(C=Cc2ccc3ccc(Cl)cc3n2)c1. The third kappa shape index (κ3) is 8.10. The summed E-state index contributed by atoms with van der Waals surface area (Å²) in [5.41, 5.74) is 5.59. The summed E-state index contributed by atoms with van der Waals surface area (Å²) in [6, 6.07) is 26.0. The number of pyridine rings is 1. The zero-order valence-electron chi connectivity index (χ0n) is 25.1. The second kappa shape index (κ2) is 14.9. The van der Waals surface area contributed by atoms with Crippen molar-refractivity contribution in [1.82, 2.24) is 4.98 Å². The van der Waals surface area contributed by atoms with Crippen LogP contribution in [0.15, 0.2) is 78.9 Å². The van der Waals surface area contributed by atoms with Gasteiger partial charge < -0.3 is 9.84 Å². The van der Waals surface area contributed by atoms with E-state index in [0.29, 0.717) is 16.5 Å². The normalized spacial score (nSPS) is 17.4. The van der Waals surface area contributed by atoms with Crippen LogP contribution in [0.3, 0.4) is 0 Å². The number of benzene rings is 3. The molecule has 1 saturated carbocycles. The standard InChI is InChI=1S/C37H38ClNO4S/c1-3-7-32(36(40)41)33-21-28(33)23-44-35(19-15-25-9-4-5-11-31(25)37(42)43-2)27-10-6-8-24(20-27)12-17-30-18-14-26-13-16-29(38)22-34(26)39-30/h4-6,8-14,16-18,20,22,28,32-33,35H,3,7,15,19,21,23H2,1-2H3,(H,40,41). The number of rotatable bonds is 14. The van der Waals surface area contributed by atoms with E-state index >= 15 is 0 Å². The topological polar surface area (TPSA) is 76.5 Å². The second-order valence-electron chi connectivity index (χ2n) is 11.5. The number of aromatic nitrogens is 1. The van der Waals surface area contributed by atoms with Crippen LogP contribution in [0, 0.1) is 17.8 Å². The van der Waals surface area contributed by atoms with Gasteiger partial charge in [0.1, 0.15) is 0 Å². The molecule has 0 saturated heterocycles. The Kier molecular flexibility index (Phi) is 10.8. The maximum absolute atomic E-state index is 12.4. The fourth-order valence-corrected chi connectivity index (χ4v) is 7.60. The van der Waals surface area contributed by atoms with Crippen LogP contribution in [0.25, 0.3) is 23.1 Å². The maximum atomic E-state index is 12.4. The van der Waals surface area contributed by atoms with Gasteiger partial charge in [0.2, 0.25) is 0 Å². The molecule has 0 amide bonds. The van der Waals surface area contributed by atoms with Crippen molar-refractivity contribution in [3.8, 4) is 0 Å². The minimum absolute atomic E-state index is 0.186. The van der Waals surface area contributed by atoms with Gasteiger partial charge in [0, 0.05) is 15.7 Å². The largest absolute Gasteiger partial charge is 0.481 e. The maximum Gasteiger partial charge on any atom is 0.338 e. The van der Waals surface area contributed by atoms with E-state index in [1.54, 1.807) is 0 Å². The Hall–Kier alpha value is -3.61. The van der Waals surface area contributed by atoms with Crippen LogP contribution in [0.4, 0.5) is 0 Å². The number of carbonyl (C=O) groups excluding carboxylic acids is 1. The number of aryl methyl sites for hydroxylation is 1. The third-order valence-corrected chi connectivity index (χ3v) is 10.2. The Labute approximate surface area is 268 Å². The van der Waals surface area contributed by atoms with Gasteiger partial charge in [-0.1, -0.05) is 85.6 Å². The monoisotopic (exact) mass is 627 g/mol. The minimum atomic E-state index is -0.663. The molecule has 0 radical (unpaired) electrons. The molecule has 0 bridgehead atoms. The van der Waals surface area contributed by atoms with Gasteiger partial charge in [0.15, 0.2) is 0 Å². The first-order chi connectivity index (χ1) is 21.4. The average Bonchev–Trinajstić information content (AvgIpc) is 3.81. The third-order valence-electron chi connectivity index (χ3n) is 8.43. The van der Waals surface area contributed by atoms with Gasteiger partial charge in [0.25, 0.3) is 0 Å². The van der Waals surface area contributed by atoms with Gasteiger partial charge in [-0.3, -0.25) is 4.79 Å². The molecule has 0 aliphatic heterocycles. The molecule has 4 atom stereocenters. The van der Waals surface area contributed by atoms with Crippen molar-refractivity contribution in [2.24, 2.45) is 17.8 Å². The lowest BCUT2D eigenvalue weighted by atomic mass is 9.97. The number of aliphatic carboxylic acids is 1. The summed E-state index contributed by atoms with van der Waals surface area (Å²) >= 11 is 8.08. The molecule has 5 rings (SSSR count). The summed E-state index contributed by atoms with van der Waals surface area (Å²) in [5.74, 6) is 0.378. The van der Waals surface area contributed by atoms with E-state index in [0.717, 1.165) is 65.6 Å². The molecule has 1 heterocycles. The van der Waals surface area contributed by atoms with Crippen molar-refractivity contribution in [3.63, 3.8) is 0 Å². The van der Waals surface area contributed by atoms with Crippen molar-refractivity contribution >= 4 is 58.4 Å². The van der Waals surface area contributed by atoms with Crippen LogP contribution >= 0.6 is 23.4 Å². The van der Waals surface area contributed by atoms with Gasteiger partial charge in [-0.15, -0.1) is 0 Å². The van der Waals surface area contributed by atoms with Crippen molar-refractivity contribution in [2.45, 2.75) is 44.3 Å². The molecule has 0 spiro atoms. The van der Waals surface area contributed by atoms with Crippen LogP contribution in [0.1, 0.15) is 70.6 Å². The number of thioether (sulfide) groups is 1. The highest BCUT2D eigenvalue weighted by molar-refractivity contribution is 7.99. The smallest absolute Gasteiger partial charge is 0.338 e. The quantitative estimate of drug-likeness (QED) is 0.140. The summed E-state index contributed by atoms with van der Waals surface area (Å²) in [7, 11) is 1.41. The number of esters is 1. The number of carboxylic acids is 1. The van der Waals surface area contributed by atoms with Crippen LogP contribution in [-0.2, 0) is 16.0 Å². The Morgan fingerprint density at radius 1 is 1.05 bits per heavy atom. The summed E-state index contributed by atoms with van der Waals surface area (Å²) in [5, 5.41) is 11.7. The molecule has 7 heteroatoms. The molecule has 1 aliphatic carbocycles. The van der Waals surface area contributed by atoms with Gasteiger partial charge in [-0.05, 0) is 90.3 Å². The number of hydrogen-bond acceptors (Lipinski definition) is 5. The first-order valence-electron chi connectivity index (χ1n) is 15.2. The molecule has 4 aromatic rings. The highest BCUT2D eigenvalue weighted by atomic mass is 35.5. The van der Waals surface area contributed by atoms with E-state index in [2.05, 4.69) is 37.3 Å². The molecule has 44 heavy (non-hydrogen) atoms. The summed E-state index contributed by atoms with van der Waals surface area (Å²) < 4.78 is 5.03. The second-order valence-corrected chi connectivity index (χ2v) is 13.2. The number of ether oxygens (including phenoxy) is 1. The Morgan fingerprint density at radius 3 is 2.66 bits per heavy atom.